The Balaban J connectivity index is 2.17. The third-order valence-electron chi connectivity index (χ3n) is 6.02. The normalized spacial score (nSPS) is 14.2. The first-order valence-electron chi connectivity index (χ1n) is 10.9. The van der Waals surface area contributed by atoms with Crippen LogP contribution in [0.1, 0.15) is 109 Å². The van der Waals surface area contributed by atoms with Gasteiger partial charge in [0.1, 0.15) is 0 Å². The Kier molecular flexibility index (Phi) is 10.9. The topological polar surface area (TPSA) is 17.1 Å². The van der Waals surface area contributed by atoms with E-state index >= 15 is 0 Å². The zero-order chi connectivity index (χ0) is 19.4. The van der Waals surface area contributed by atoms with E-state index in [1.54, 1.807) is 0 Å². The maximum absolute atomic E-state index is 12.2. The van der Waals surface area contributed by atoms with E-state index in [2.05, 4.69) is 34.6 Å². The summed E-state index contributed by atoms with van der Waals surface area (Å²) in [4.78, 5) is 12.2. The van der Waals surface area contributed by atoms with Gasteiger partial charge in [-0.15, -0.1) is 0 Å². The zero-order valence-electron chi connectivity index (χ0n) is 18.0. The summed E-state index contributed by atoms with van der Waals surface area (Å²) < 4.78 is 0. The van der Waals surface area contributed by atoms with Crippen LogP contribution in [0.15, 0.2) is 30.3 Å². The van der Waals surface area contributed by atoms with Crippen molar-refractivity contribution in [1.29, 1.82) is 0 Å². The highest BCUT2D eigenvalue weighted by Gasteiger charge is 2.19. The number of ketones is 1. The Morgan fingerprint density at radius 1 is 0.885 bits per heavy atom. The van der Waals surface area contributed by atoms with Crippen LogP contribution in [0.5, 0.6) is 0 Å². The molecule has 1 aromatic carbocycles. The summed E-state index contributed by atoms with van der Waals surface area (Å²) in [7, 11) is 0. The average molecular weight is 359 g/mol. The van der Waals surface area contributed by atoms with Gasteiger partial charge in [0.05, 0.1) is 0 Å². The Bertz CT molecular complexity index is 488. The maximum Gasteiger partial charge on any atom is 0.162 e. The number of hydrogen-bond acceptors (Lipinski definition) is 1. The molecule has 0 aliphatic rings. The van der Waals surface area contributed by atoms with Crippen LogP contribution in [0.3, 0.4) is 0 Å². The van der Waals surface area contributed by atoms with Gasteiger partial charge in [-0.05, 0) is 36.5 Å². The summed E-state index contributed by atoms with van der Waals surface area (Å²) in [6.07, 6.45) is 12.4. The van der Waals surface area contributed by atoms with E-state index in [0.717, 1.165) is 17.9 Å². The maximum atomic E-state index is 12.2. The molecule has 0 amide bonds. The molecule has 2 atom stereocenters. The Hall–Kier alpha value is -1.11. The van der Waals surface area contributed by atoms with Gasteiger partial charge < -0.3 is 0 Å². The molecule has 0 bridgehead atoms. The lowest BCUT2D eigenvalue weighted by atomic mass is 9.80. The highest BCUT2D eigenvalue weighted by Crippen LogP contribution is 2.32. The van der Waals surface area contributed by atoms with Crippen molar-refractivity contribution in [3.8, 4) is 0 Å². The van der Waals surface area contributed by atoms with Crippen molar-refractivity contribution in [2.24, 2.45) is 17.3 Å². The van der Waals surface area contributed by atoms with E-state index in [9.17, 15) is 4.79 Å². The number of hydrogen-bond donors (Lipinski definition) is 0. The molecular weight excluding hydrogens is 316 g/mol. The third kappa shape index (κ3) is 10.1. The van der Waals surface area contributed by atoms with Crippen molar-refractivity contribution in [3.05, 3.63) is 35.9 Å². The van der Waals surface area contributed by atoms with E-state index < -0.39 is 0 Å². The summed E-state index contributed by atoms with van der Waals surface area (Å²) in [6.45, 7) is 11.8. The van der Waals surface area contributed by atoms with Crippen LogP contribution >= 0.6 is 0 Å². The van der Waals surface area contributed by atoms with Crippen LogP contribution in [0, 0.1) is 17.3 Å². The monoisotopic (exact) mass is 358 g/mol. The van der Waals surface area contributed by atoms with Crippen molar-refractivity contribution in [2.75, 3.05) is 0 Å². The van der Waals surface area contributed by atoms with Gasteiger partial charge in [-0.2, -0.15) is 0 Å². The quantitative estimate of drug-likeness (QED) is 0.242. The van der Waals surface area contributed by atoms with E-state index in [4.69, 9.17) is 0 Å². The summed E-state index contributed by atoms with van der Waals surface area (Å²) in [5.74, 6) is 1.81. The molecule has 0 heterocycles. The molecule has 0 aliphatic heterocycles. The van der Waals surface area contributed by atoms with Gasteiger partial charge in [0.2, 0.25) is 0 Å². The summed E-state index contributed by atoms with van der Waals surface area (Å²) in [5.41, 5.74) is 1.30. The number of carbonyl (C=O) groups excluding carboxylic acids is 1. The van der Waals surface area contributed by atoms with Crippen LogP contribution in [-0.4, -0.2) is 5.78 Å². The number of Topliss-reactive ketones (excluding diaryl/α,β-unsaturated/α-hetero) is 1. The molecule has 0 saturated heterocycles. The molecule has 1 heteroatoms. The molecule has 0 fully saturated rings. The molecule has 1 rings (SSSR count). The molecule has 0 spiro atoms. The first-order valence-corrected chi connectivity index (χ1v) is 10.9. The van der Waals surface area contributed by atoms with Crippen molar-refractivity contribution < 1.29 is 4.79 Å². The largest absolute Gasteiger partial charge is 0.294 e. The van der Waals surface area contributed by atoms with E-state index in [0.29, 0.717) is 17.8 Å². The van der Waals surface area contributed by atoms with E-state index in [1.165, 1.54) is 51.4 Å². The van der Waals surface area contributed by atoms with Crippen molar-refractivity contribution >= 4 is 5.78 Å². The van der Waals surface area contributed by atoms with Crippen LogP contribution in [0.2, 0.25) is 0 Å². The van der Waals surface area contributed by atoms with Gasteiger partial charge in [0.25, 0.3) is 0 Å². The highest BCUT2D eigenvalue weighted by molar-refractivity contribution is 5.95. The summed E-state index contributed by atoms with van der Waals surface area (Å²) in [5, 5.41) is 0. The second-order valence-electron chi connectivity index (χ2n) is 9.25. The molecule has 0 saturated carbocycles. The molecule has 148 valence electrons. The number of benzene rings is 1. The second kappa shape index (κ2) is 12.3. The second-order valence-corrected chi connectivity index (χ2v) is 9.25. The average Bonchev–Trinajstić information content (AvgIpc) is 2.64. The minimum Gasteiger partial charge on any atom is -0.294 e. The van der Waals surface area contributed by atoms with Gasteiger partial charge in [0, 0.05) is 12.0 Å². The number of unbranched alkanes of at least 4 members (excludes halogenated alkanes) is 2. The van der Waals surface area contributed by atoms with Gasteiger partial charge >= 0.3 is 0 Å². The van der Waals surface area contributed by atoms with Crippen LogP contribution < -0.4 is 0 Å². The number of carbonyl (C=O) groups is 1. The Morgan fingerprint density at radius 2 is 1.58 bits per heavy atom. The number of rotatable bonds is 14. The van der Waals surface area contributed by atoms with Gasteiger partial charge in [-0.3, -0.25) is 4.79 Å². The first kappa shape index (κ1) is 22.9. The fourth-order valence-electron chi connectivity index (χ4n) is 3.53. The molecular formula is C25H42O. The molecule has 0 radical (unpaired) electrons. The zero-order valence-corrected chi connectivity index (χ0v) is 18.0. The van der Waals surface area contributed by atoms with Crippen molar-refractivity contribution in [3.63, 3.8) is 0 Å². The lowest BCUT2D eigenvalue weighted by Gasteiger charge is -2.26. The smallest absolute Gasteiger partial charge is 0.162 e. The third-order valence-corrected chi connectivity index (χ3v) is 6.02. The fraction of sp³-hybridized carbons (Fsp3) is 0.720. The molecule has 1 aromatic rings. The molecule has 1 nitrogen and oxygen atoms in total. The minimum atomic E-state index is 0.290. The predicted octanol–water partition coefficient (Wildman–Crippen LogP) is 8.09. The first-order chi connectivity index (χ1) is 12.3. The lowest BCUT2D eigenvalue weighted by Crippen LogP contribution is -2.13. The van der Waals surface area contributed by atoms with Gasteiger partial charge in [-0.1, -0.05) is 103 Å². The van der Waals surface area contributed by atoms with E-state index in [-0.39, 0.29) is 5.78 Å². The van der Waals surface area contributed by atoms with Gasteiger partial charge in [0.15, 0.2) is 5.78 Å². The van der Waals surface area contributed by atoms with Crippen LogP contribution in [-0.2, 0) is 0 Å². The molecule has 26 heavy (non-hydrogen) atoms. The molecule has 0 aliphatic carbocycles. The summed E-state index contributed by atoms with van der Waals surface area (Å²) in [6, 6.07) is 9.71. The SMILES string of the molecule is CC[C@@H](C)CCCCCC(C)(C)CCC(C)CCC(=O)c1ccccc1. The van der Waals surface area contributed by atoms with Gasteiger partial charge in [-0.25, -0.2) is 0 Å². The molecule has 0 aromatic heterocycles. The molecule has 1 unspecified atom stereocenters. The van der Waals surface area contributed by atoms with Crippen LogP contribution in [0.4, 0.5) is 0 Å². The highest BCUT2D eigenvalue weighted by atomic mass is 16.1. The van der Waals surface area contributed by atoms with E-state index in [1.807, 2.05) is 30.3 Å². The molecule has 0 N–H and O–H groups in total. The summed E-state index contributed by atoms with van der Waals surface area (Å²) >= 11 is 0. The minimum absolute atomic E-state index is 0.290. The Labute approximate surface area is 163 Å². The van der Waals surface area contributed by atoms with Crippen molar-refractivity contribution in [1.82, 2.24) is 0 Å². The fourth-order valence-corrected chi connectivity index (χ4v) is 3.53. The van der Waals surface area contributed by atoms with Crippen molar-refractivity contribution in [2.45, 2.75) is 98.8 Å². The Morgan fingerprint density at radius 3 is 2.23 bits per heavy atom. The lowest BCUT2D eigenvalue weighted by molar-refractivity contribution is 0.0973. The van der Waals surface area contributed by atoms with Crippen LogP contribution in [0.25, 0.3) is 0 Å². The standard InChI is InChI=1S/C25H42O/c1-6-21(2)13-9-8-12-19-25(4,5)20-18-22(3)16-17-24(26)23-14-10-7-11-15-23/h7,10-11,14-15,21-22H,6,8-9,12-13,16-20H2,1-5H3/t21-,22?/m1/s1. The predicted molar refractivity (Wildman–Crippen MR) is 115 cm³/mol.